The number of aliphatic carboxylic acids is 1. The number of rotatable bonds is 11. The van der Waals surface area contributed by atoms with Crippen molar-refractivity contribution in [2.45, 2.75) is 63.3 Å². The molecule has 1 saturated carbocycles. The van der Waals surface area contributed by atoms with E-state index in [1.165, 1.54) is 4.88 Å². The van der Waals surface area contributed by atoms with E-state index in [2.05, 4.69) is 22.0 Å². The molecule has 0 amide bonds. The first-order chi connectivity index (χ1) is 13.4. The molecule has 1 aromatic rings. The van der Waals surface area contributed by atoms with Gasteiger partial charge in [-0.15, -0.1) is 11.3 Å². The summed E-state index contributed by atoms with van der Waals surface area (Å²) in [6.45, 7) is 0. The molecule has 0 aliphatic heterocycles. The Morgan fingerprint density at radius 3 is 2.79 bits per heavy atom. The van der Waals surface area contributed by atoms with Gasteiger partial charge in [0.15, 0.2) is 0 Å². The molecule has 1 aromatic heterocycles. The highest BCUT2D eigenvalue weighted by atomic mass is 79.9. The Bertz CT molecular complexity index is 672. The number of halogens is 1. The molecule has 0 bridgehead atoms. The number of unbranched alkanes of at least 4 members (excludes halogenated alkanes) is 1. The molecule has 1 aliphatic carbocycles. The van der Waals surface area contributed by atoms with Crippen LogP contribution in [0.4, 0.5) is 0 Å². The smallest absolute Gasteiger partial charge is 0.303 e. The van der Waals surface area contributed by atoms with Gasteiger partial charge < -0.3 is 20.4 Å². The van der Waals surface area contributed by atoms with E-state index in [9.17, 15) is 20.1 Å². The summed E-state index contributed by atoms with van der Waals surface area (Å²) in [5, 5.41) is 41.4. The zero-order chi connectivity index (χ0) is 20.5. The molecule has 28 heavy (non-hydrogen) atoms. The fraction of sp³-hybridized carbons (Fsp3) is 0.571. The first-order valence-corrected chi connectivity index (χ1v) is 11.4. The van der Waals surface area contributed by atoms with Crippen LogP contribution in [0.25, 0.3) is 0 Å². The van der Waals surface area contributed by atoms with Crippen LogP contribution in [0.3, 0.4) is 0 Å². The molecular formula is C21H29BrO5S. The van der Waals surface area contributed by atoms with Crippen LogP contribution in [0, 0.1) is 11.8 Å². The number of aliphatic hydroxyl groups is 3. The number of thiophene rings is 1. The maximum absolute atomic E-state index is 10.5. The summed E-state index contributed by atoms with van der Waals surface area (Å²) in [5.41, 5.74) is 0. The van der Waals surface area contributed by atoms with Crippen molar-refractivity contribution in [3.05, 3.63) is 45.1 Å². The number of aliphatic hydroxyl groups excluding tert-OH is 3. The Labute approximate surface area is 178 Å². The van der Waals surface area contributed by atoms with Gasteiger partial charge >= 0.3 is 5.97 Å². The molecule has 4 N–H and O–H groups in total. The monoisotopic (exact) mass is 472 g/mol. The highest BCUT2D eigenvalue weighted by Crippen LogP contribution is 2.36. The number of hydrogen-bond acceptors (Lipinski definition) is 5. The van der Waals surface area contributed by atoms with Gasteiger partial charge in [-0.3, -0.25) is 4.79 Å². The third-order valence-electron chi connectivity index (χ3n) is 5.12. The van der Waals surface area contributed by atoms with Crippen LogP contribution in [0.15, 0.2) is 40.2 Å². The third kappa shape index (κ3) is 7.79. The number of carbonyl (C=O) groups is 1. The molecule has 0 aromatic carbocycles. The molecule has 156 valence electrons. The minimum absolute atomic E-state index is 0.0950. The highest BCUT2D eigenvalue weighted by molar-refractivity contribution is 9.10. The van der Waals surface area contributed by atoms with Crippen LogP contribution >= 0.6 is 27.3 Å². The Morgan fingerprint density at radius 1 is 1.32 bits per heavy atom. The maximum atomic E-state index is 10.5. The van der Waals surface area contributed by atoms with Crippen molar-refractivity contribution in [1.29, 1.82) is 0 Å². The molecule has 0 saturated heterocycles. The summed E-state index contributed by atoms with van der Waals surface area (Å²) < 4.78 is 1.06. The quantitative estimate of drug-likeness (QED) is 0.289. The zero-order valence-corrected chi connectivity index (χ0v) is 18.2. The predicted molar refractivity (Wildman–Crippen MR) is 114 cm³/mol. The summed E-state index contributed by atoms with van der Waals surface area (Å²) in [7, 11) is 0. The molecule has 0 radical (unpaired) electrons. The van der Waals surface area contributed by atoms with E-state index >= 15 is 0 Å². The van der Waals surface area contributed by atoms with Crippen molar-refractivity contribution < 1.29 is 25.2 Å². The van der Waals surface area contributed by atoms with Gasteiger partial charge in [0, 0.05) is 33.5 Å². The molecule has 1 heterocycles. The van der Waals surface area contributed by atoms with Crippen molar-refractivity contribution in [1.82, 2.24) is 0 Å². The second-order valence-electron chi connectivity index (χ2n) is 7.33. The first-order valence-electron chi connectivity index (χ1n) is 9.69. The molecule has 5 nitrogen and oxygen atoms in total. The van der Waals surface area contributed by atoms with Crippen molar-refractivity contribution in [2.75, 3.05) is 0 Å². The van der Waals surface area contributed by atoms with E-state index < -0.39 is 24.3 Å². The summed E-state index contributed by atoms with van der Waals surface area (Å²) in [6, 6.07) is 2.05. The molecule has 7 heteroatoms. The van der Waals surface area contributed by atoms with Crippen molar-refractivity contribution in [3.8, 4) is 0 Å². The number of carboxylic acid groups (broad SMARTS) is 1. The molecule has 1 aliphatic rings. The van der Waals surface area contributed by atoms with E-state index in [1.807, 2.05) is 23.6 Å². The fourth-order valence-electron chi connectivity index (χ4n) is 3.58. The summed E-state index contributed by atoms with van der Waals surface area (Å²) in [5.74, 6) is -1.08. The zero-order valence-electron chi connectivity index (χ0n) is 15.8. The van der Waals surface area contributed by atoms with E-state index in [0.29, 0.717) is 32.1 Å². The highest BCUT2D eigenvalue weighted by Gasteiger charge is 2.39. The molecule has 5 unspecified atom stereocenters. The Kier molecular flexibility index (Phi) is 9.88. The summed E-state index contributed by atoms with van der Waals surface area (Å²) in [4.78, 5) is 11.7. The number of carboxylic acids is 1. The van der Waals surface area contributed by atoms with Crippen molar-refractivity contribution in [2.24, 2.45) is 11.8 Å². The van der Waals surface area contributed by atoms with Gasteiger partial charge in [-0.1, -0.05) is 24.3 Å². The van der Waals surface area contributed by atoms with Crippen LogP contribution < -0.4 is 0 Å². The van der Waals surface area contributed by atoms with Crippen molar-refractivity contribution in [3.63, 3.8) is 0 Å². The minimum atomic E-state index is -0.793. The standard InChI is InChI=1S/C21H29BrO5S/c22-14-11-16(28-13-14)9-7-15(23)8-10-18-17(19(24)12-20(18)25)5-3-1-2-4-6-21(26)27/h1,3,8,10-11,13,15,17-20,23-25H,2,4-7,9,12H2,(H,26,27)/b3-1+,10-8+. The van der Waals surface area contributed by atoms with Crippen LogP contribution in [0.1, 0.15) is 43.4 Å². The SMILES string of the molecule is O=C(O)CCC/C=C/CC1C(O)CC(O)C1/C=C/C(O)CCc1cc(Br)cs1. The van der Waals surface area contributed by atoms with E-state index in [1.54, 1.807) is 17.4 Å². The average Bonchev–Trinajstić information content (AvgIpc) is 3.16. The average molecular weight is 473 g/mol. The maximum Gasteiger partial charge on any atom is 0.303 e. The van der Waals surface area contributed by atoms with Gasteiger partial charge in [-0.25, -0.2) is 0 Å². The van der Waals surface area contributed by atoms with Crippen LogP contribution in [-0.4, -0.2) is 44.7 Å². The lowest BCUT2D eigenvalue weighted by atomic mass is 9.89. The predicted octanol–water partition coefficient (Wildman–Crippen LogP) is 3.92. The Hall–Kier alpha value is -0.990. The lowest BCUT2D eigenvalue weighted by Gasteiger charge is -2.19. The Morgan fingerprint density at radius 2 is 2.11 bits per heavy atom. The second kappa shape index (κ2) is 11.9. The van der Waals surface area contributed by atoms with Gasteiger partial charge in [0.2, 0.25) is 0 Å². The summed E-state index contributed by atoms with van der Waals surface area (Å²) in [6.07, 6.45) is 9.51. The molecule has 2 rings (SSSR count). The molecule has 1 fully saturated rings. The summed E-state index contributed by atoms with van der Waals surface area (Å²) >= 11 is 5.08. The topological polar surface area (TPSA) is 98.0 Å². The van der Waals surface area contributed by atoms with Crippen LogP contribution in [0.2, 0.25) is 0 Å². The normalized spacial score (nSPS) is 26.4. The number of aryl methyl sites for hydroxylation is 1. The van der Waals surface area contributed by atoms with Crippen molar-refractivity contribution >= 4 is 33.2 Å². The molecular weight excluding hydrogens is 444 g/mol. The first kappa shape index (κ1) is 23.3. The molecule has 0 spiro atoms. The lowest BCUT2D eigenvalue weighted by Crippen LogP contribution is -2.20. The second-order valence-corrected chi connectivity index (χ2v) is 9.24. The minimum Gasteiger partial charge on any atom is -0.481 e. The van der Waals surface area contributed by atoms with E-state index in [-0.39, 0.29) is 18.3 Å². The number of hydrogen-bond donors (Lipinski definition) is 4. The van der Waals surface area contributed by atoms with Gasteiger partial charge in [-0.05, 0) is 60.0 Å². The third-order valence-corrected chi connectivity index (χ3v) is 6.87. The Balaban J connectivity index is 1.81. The fourth-order valence-corrected chi connectivity index (χ4v) is 5.05. The number of allylic oxidation sites excluding steroid dienone is 2. The van der Waals surface area contributed by atoms with Crippen LogP contribution in [-0.2, 0) is 11.2 Å². The van der Waals surface area contributed by atoms with E-state index in [0.717, 1.165) is 10.9 Å². The van der Waals surface area contributed by atoms with Gasteiger partial charge in [0.25, 0.3) is 0 Å². The van der Waals surface area contributed by atoms with E-state index in [4.69, 9.17) is 5.11 Å². The molecule has 5 atom stereocenters. The van der Waals surface area contributed by atoms with Crippen LogP contribution in [0.5, 0.6) is 0 Å². The van der Waals surface area contributed by atoms with Gasteiger partial charge in [-0.2, -0.15) is 0 Å². The van der Waals surface area contributed by atoms with Gasteiger partial charge in [0.05, 0.1) is 18.3 Å². The lowest BCUT2D eigenvalue weighted by molar-refractivity contribution is -0.137. The van der Waals surface area contributed by atoms with Gasteiger partial charge in [0.1, 0.15) is 0 Å². The largest absolute Gasteiger partial charge is 0.481 e.